The second-order valence-electron chi connectivity index (χ2n) is 7.94. The maximum absolute atomic E-state index is 13.1. The Kier molecular flexibility index (Phi) is 7.34. The lowest BCUT2D eigenvalue weighted by atomic mass is 9.97. The molecule has 2 aromatic carbocycles. The molecule has 7 nitrogen and oxygen atoms in total. The van der Waals surface area contributed by atoms with Gasteiger partial charge in [-0.15, -0.1) is 0 Å². The van der Waals surface area contributed by atoms with Gasteiger partial charge in [-0.05, 0) is 44.0 Å². The average Bonchev–Trinajstić information content (AvgIpc) is 2.85. The fraction of sp³-hybridized carbons (Fsp3) is 0.320. The number of nitrogens with one attached hydrogen (secondary N) is 1. The largest absolute Gasteiger partial charge is 0.493 e. The summed E-state index contributed by atoms with van der Waals surface area (Å²) in [5.41, 5.74) is 1.91. The highest BCUT2D eigenvalue weighted by Gasteiger charge is 2.28. The summed E-state index contributed by atoms with van der Waals surface area (Å²) in [6.07, 6.45) is 5.17. The maximum Gasteiger partial charge on any atom is 0.229 e. The summed E-state index contributed by atoms with van der Waals surface area (Å²) >= 11 is 1.59. The highest BCUT2D eigenvalue weighted by molar-refractivity contribution is 7.99. The summed E-state index contributed by atoms with van der Waals surface area (Å²) in [7, 11) is 3.17. The van der Waals surface area contributed by atoms with Gasteiger partial charge in [-0.25, -0.2) is 9.97 Å². The molecule has 0 saturated carbocycles. The SMILES string of the molecule is COc1ccc(NC(=O)C2CCCN(c3nccnc3Sc3ccc(C)cc3)C2)cc1OC. The second-order valence-corrected chi connectivity index (χ2v) is 9.01. The van der Waals surface area contributed by atoms with Gasteiger partial charge in [0.1, 0.15) is 5.03 Å². The first-order valence-corrected chi connectivity index (χ1v) is 11.7. The van der Waals surface area contributed by atoms with Crippen LogP contribution in [0.4, 0.5) is 11.5 Å². The molecule has 1 atom stereocenters. The molecule has 1 aliphatic rings. The van der Waals surface area contributed by atoms with Crippen molar-refractivity contribution in [2.45, 2.75) is 29.7 Å². The van der Waals surface area contributed by atoms with Gasteiger partial charge >= 0.3 is 0 Å². The number of carbonyl (C=O) groups is 1. The molecule has 1 N–H and O–H groups in total. The lowest BCUT2D eigenvalue weighted by Gasteiger charge is -2.33. The standard InChI is InChI=1S/C25H28N4O3S/c1-17-6-9-20(10-7-17)33-25-23(26-12-13-27-25)29-14-4-5-18(16-29)24(30)28-19-8-11-21(31-2)22(15-19)32-3/h6-13,15,18H,4-5,14,16H2,1-3H3,(H,28,30). The van der Waals surface area contributed by atoms with E-state index in [2.05, 4.69) is 51.4 Å². The summed E-state index contributed by atoms with van der Waals surface area (Å²) in [6, 6.07) is 13.7. The third-order valence-corrected chi connectivity index (χ3v) is 6.61. The highest BCUT2D eigenvalue weighted by Crippen LogP contribution is 2.35. The molecular weight excluding hydrogens is 436 g/mol. The van der Waals surface area contributed by atoms with Crippen LogP contribution in [0, 0.1) is 12.8 Å². The van der Waals surface area contributed by atoms with Gasteiger partial charge in [0.25, 0.3) is 0 Å². The van der Waals surface area contributed by atoms with Crippen LogP contribution < -0.4 is 19.7 Å². The van der Waals surface area contributed by atoms with Crippen LogP contribution in [-0.4, -0.2) is 43.2 Å². The van der Waals surface area contributed by atoms with Crippen LogP contribution in [0.1, 0.15) is 18.4 Å². The molecule has 0 aliphatic carbocycles. The number of aromatic nitrogens is 2. The number of anilines is 2. The molecule has 1 aliphatic heterocycles. The van der Waals surface area contributed by atoms with E-state index in [0.717, 1.165) is 35.1 Å². The van der Waals surface area contributed by atoms with Crippen molar-refractivity contribution in [1.82, 2.24) is 9.97 Å². The minimum absolute atomic E-state index is 0.0106. The zero-order chi connectivity index (χ0) is 23.2. The predicted octanol–water partition coefficient (Wildman–Crippen LogP) is 4.81. The highest BCUT2D eigenvalue weighted by atomic mass is 32.2. The van der Waals surface area contributed by atoms with Crippen molar-refractivity contribution in [1.29, 1.82) is 0 Å². The number of rotatable bonds is 7. The lowest BCUT2D eigenvalue weighted by Crippen LogP contribution is -2.41. The number of methoxy groups -OCH3 is 2. The molecule has 8 heteroatoms. The molecule has 4 rings (SSSR count). The Morgan fingerprint density at radius 3 is 2.58 bits per heavy atom. The predicted molar refractivity (Wildman–Crippen MR) is 130 cm³/mol. The van der Waals surface area contributed by atoms with Crippen LogP contribution >= 0.6 is 11.8 Å². The van der Waals surface area contributed by atoms with E-state index in [4.69, 9.17) is 9.47 Å². The topological polar surface area (TPSA) is 76.6 Å². The quantitative estimate of drug-likeness (QED) is 0.538. The normalized spacial score (nSPS) is 15.7. The Bertz CT molecular complexity index is 1110. The van der Waals surface area contributed by atoms with Gasteiger partial charge < -0.3 is 19.7 Å². The average molecular weight is 465 g/mol. The molecule has 0 spiro atoms. The lowest BCUT2D eigenvalue weighted by molar-refractivity contribution is -0.120. The Hall–Kier alpha value is -3.26. The first kappa shape index (κ1) is 22.9. The molecular formula is C25H28N4O3S. The van der Waals surface area contributed by atoms with E-state index in [1.54, 1.807) is 50.5 Å². The zero-order valence-electron chi connectivity index (χ0n) is 19.1. The molecule has 1 aromatic heterocycles. The number of hydrogen-bond acceptors (Lipinski definition) is 7. The fourth-order valence-corrected chi connectivity index (χ4v) is 4.75. The second kappa shape index (κ2) is 10.6. The molecule has 1 amide bonds. The number of hydrogen-bond donors (Lipinski definition) is 1. The Balaban J connectivity index is 1.46. The molecule has 33 heavy (non-hydrogen) atoms. The molecule has 172 valence electrons. The van der Waals surface area contributed by atoms with Crippen LogP contribution in [0.3, 0.4) is 0 Å². The van der Waals surface area contributed by atoms with E-state index in [9.17, 15) is 4.79 Å². The van der Waals surface area contributed by atoms with Crippen LogP contribution in [0.5, 0.6) is 11.5 Å². The number of aryl methyl sites for hydroxylation is 1. The number of piperidine rings is 1. The number of carbonyl (C=O) groups excluding carboxylic acids is 1. The number of ether oxygens (including phenoxy) is 2. The maximum atomic E-state index is 13.1. The van der Waals surface area contributed by atoms with Gasteiger partial charge in [0.05, 0.1) is 20.1 Å². The third-order valence-electron chi connectivity index (χ3n) is 5.62. The Morgan fingerprint density at radius 1 is 1.06 bits per heavy atom. The van der Waals surface area contributed by atoms with Crippen molar-refractivity contribution in [2.24, 2.45) is 5.92 Å². The van der Waals surface area contributed by atoms with Crippen molar-refractivity contribution in [3.8, 4) is 11.5 Å². The summed E-state index contributed by atoms with van der Waals surface area (Å²) in [5.74, 6) is 1.87. The van der Waals surface area contributed by atoms with Gasteiger partial charge in [0.15, 0.2) is 17.3 Å². The molecule has 0 bridgehead atoms. The summed E-state index contributed by atoms with van der Waals surface area (Å²) in [4.78, 5) is 25.5. The molecule has 1 unspecified atom stereocenters. The number of amides is 1. The molecule has 1 saturated heterocycles. The van der Waals surface area contributed by atoms with E-state index in [0.29, 0.717) is 23.7 Å². The summed E-state index contributed by atoms with van der Waals surface area (Å²) in [6.45, 7) is 3.52. The Morgan fingerprint density at radius 2 is 1.82 bits per heavy atom. The summed E-state index contributed by atoms with van der Waals surface area (Å²) in [5, 5.41) is 3.88. The van der Waals surface area contributed by atoms with E-state index < -0.39 is 0 Å². The van der Waals surface area contributed by atoms with Crippen molar-refractivity contribution in [2.75, 3.05) is 37.5 Å². The fourth-order valence-electron chi connectivity index (χ4n) is 3.87. The van der Waals surface area contributed by atoms with Crippen LogP contribution in [0.15, 0.2) is 64.8 Å². The number of benzene rings is 2. The zero-order valence-corrected chi connectivity index (χ0v) is 19.9. The Labute approximate surface area is 198 Å². The molecule has 3 aromatic rings. The molecule has 1 fully saturated rings. The third kappa shape index (κ3) is 5.57. The first-order chi connectivity index (χ1) is 16.1. The summed E-state index contributed by atoms with van der Waals surface area (Å²) < 4.78 is 10.6. The van der Waals surface area contributed by atoms with Crippen LogP contribution in [0.2, 0.25) is 0 Å². The van der Waals surface area contributed by atoms with Crippen molar-refractivity contribution >= 4 is 29.2 Å². The van der Waals surface area contributed by atoms with Crippen LogP contribution in [0.25, 0.3) is 0 Å². The van der Waals surface area contributed by atoms with Gasteiger partial charge in [-0.2, -0.15) is 0 Å². The monoisotopic (exact) mass is 464 g/mol. The molecule has 0 radical (unpaired) electrons. The van der Waals surface area contributed by atoms with Gasteiger partial charge in [0.2, 0.25) is 5.91 Å². The van der Waals surface area contributed by atoms with Crippen molar-refractivity contribution in [3.63, 3.8) is 0 Å². The first-order valence-electron chi connectivity index (χ1n) is 10.9. The minimum Gasteiger partial charge on any atom is -0.493 e. The van der Waals surface area contributed by atoms with Crippen LogP contribution in [-0.2, 0) is 4.79 Å². The van der Waals surface area contributed by atoms with E-state index in [-0.39, 0.29) is 11.8 Å². The van der Waals surface area contributed by atoms with E-state index in [1.165, 1.54) is 5.56 Å². The van der Waals surface area contributed by atoms with Crippen molar-refractivity contribution < 1.29 is 14.3 Å². The minimum atomic E-state index is -0.147. The van der Waals surface area contributed by atoms with Crippen molar-refractivity contribution in [3.05, 3.63) is 60.4 Å². The van der Waals surface area contributed by atoms with E-state index in [1.807, 2.05) is 6.07 Å². The van der Waals surface area contributed by atoms with Gasteiger partial charge in [0, 0.05) is 42.1 Å². The van der Waals surface area contributed by atoms with E-state index >= 15 is 0 Å². The molecule has 2 heterocycles. The van der Waals surface area contributed by atoms with Gasteiger partial charge in [-0.1, -0.05) is 29.5 Å². The number of nitrogens with zero attached hydrogens (tertiary/aromatic N) is 3. The smallest absolute Gasteiger partial charge is 0.229 e. The van der Waals surface area contributed by atoms with Gasteiger partial charge in [-0.3, -0.25) is 4.79 Å².